The Morgan fingerprint density at radius 2 is 2.00 bits per heavy atom. The quantitative estimate of drug-likeness (QED) is 0.783. The van der Waals surface area contributed by atoms with E-state index in [2.05, 4.69) is 20.9 Å². The molecule has 0 N–H and O–H groups in total. The van der Waals surface area contributed by atoms with Crippen LogP contribution in [-0.2, 0) is 4.79 Å². The van der Waals surface area contributed by atoms with Crippen LogP contribution in [0, 0.1) is 18.3 Å². The molecular weight excluding hydrogens is 346 g/mol. The summed E-state index contributed by atoms with van der Waals surface area (Å²) < 4.78 is 0. The van der Waals surface area contributed by atoms with Crippen LogP contribution in [0.1, 0.15) is 12.0 Å². The number of amides is 1. The summed E-state index contributed by atoms with van der Waals surface area (Å²) in [7, 11) is 0. The van der Waals surface area contributed by atoms with Crippen LogP contribution in [0.2, 0.25) is 0 Å². The number of aryl methyl sites for hydroxylation is 1. The predicted molar refractivity (Wildman–Crippen MR) is 105 cm³/mol. The Morgan fingerprint density at radius 1 is 1.27 bits per heavy atom. The summed E-state index contributed by atoms with van der Waals surface area (Å²) in [6.07, 6.45) is 2.15. The summed E-state index contributed by atoms with van der Waals surface area (Å²) in [6.45, 7) is 6.26. The molecule has 2 heterocycles. The summed E-state index contributed by atoms with van der Waals surface area (Å²) in [5.74, 6) is 0.0480. The van der Waals surface area contributed by atoms with Gasteiger partial charge >= 0.3 is 0 Å². The fourth-order valence-corrected chi connectivity index (χ4v) is 3.73. The Balaban J connectivity index is 1.59. The average molecular weight is 369 g/mol. The van der Waals surface area contributed by atoms with Crippen molar-refractivity contribution in [1.82, 2.24) is 9.88 Å². The molecule has 0 unspecified atom stereocenters. The molecule has 0 radical (unpaired) electrons. The summed E-state index contributed by atoms with van der Waals surface area (Å²) in [6, 6.07) is 10.0. The maximum Gasteiger partial charge on any atom is 0.241 e. The smallest absolute Gasteiger partial charge is 0.241 e. The van der Waals surface area contributed by atoms with Crippen LogP contribution in [0.15, 0.2) is 35.8 Å². The number of rotatable bonds is 6. The van der Waals surface area contributed by atoms with Gasteiger partial charge in [0.05, 0.1) is 19.0 Å². The molecule has 1 aliphatic rings. The second-order valence-electron chi connectivity index (χ2n) is 6.37. The molecule has 0 atom stereocenters. The molecule has 0 bridgehead atoms. The number of anilines is 2. The molecular formula is C19H23N5OS. The molecule has 0 aliphatic carbocycles. The number of benzene rings is 1. The Labute approximate surface area is 158 Å². The molecule has 1 saturated heterocycles. The minimum absolute atomic E-state index is 0.0480. The normalized spacial score (nSPS) is 14.8. The molecule has 1 amide bonds. The van der Waals surface area contributed by atoms with E-state index in [4.69, 9.17) is 5.26 Å². The number of carbonyl (C=O) groups is 1. The number of aromatic nitrogens is 1. The molecule has 0 spiro atoms. The van der Waals surface area contributed by atoms with Crippen molar-refractivity contribution in [2.75, 3.05) is 49.1 Å². The Morgan fingerprint density at radius 3 is 2.62 bits per heavy atom. The van der Waals surface area contributed by atoms with Crippen LogP contribution in [0.25, 0.3) is 0 Å². The van der Waals surface area contributed by atoms with Gasteiger partial charge in [-0.25, -0.2) is 4.98 Å². The van der Waals surface area contributed by atoms with Gasteiger partial charge in [-0.1, -0.05) is 17.7 Å². The van der Waals surface area contributed by atoms with E-state index in [1.54, 1.807) is 16.2 Å². The lowest BCUT2D eigenvalue weighted by atomic mass is 10.2. The van der Waals surface area contributed by atoms with Gasteiger partial charge in [0.2, 0.25) is 5.91 Å². The van der Waals surface area contributed by atoms with E-state index < -0.39 is 0 Å². The Kier molecular flexibility index (Phi) is 6.21. The predicted octanol–water partition coefficient (Wildman–Crippen LogP) is 2.52. The van der Waals surface area contributed by atoms with Crippen molar-refractivity contribution in [1.29, 1.82) is 5.26 Å². The number of piperazine rings is 1. The maximum absolute atomic E-state index is 12.9. The van der Waals surface area contributed by atoms with Gasteiger partial charge in [-0.15, -0.1) is 11.3 Å². The van der Waals surface area contributed by atoms with Gasteiger partial charge < -0.3 is 9.80 Å². The molecule has 6 nitrogen and oxygen atoms in total. The number of thiazole rings is 1. The molecule has 1 aromatic heterocycles. The molecule has 136 valence electrons. The average Bonchev–Trinajstić information content (AvgIpc) is 3.19. The lowest BCUT2D eigenvalue weighted by Gasteiger charge is -2.35. The minimum atomic E-state index is 0.0480. The van der Waals surface area contributed by atoms with E-state index >= 15 is 0 Å². The van der Waals surface area contributed by atoms with Gasteiger partial charge in [0, 0.05) is 50.0 Å². The number of nitrogens with zero attached hydrogens (tertiary/aromatic N) is 5. The summed E-state index contributed by atoms with van der Waals surface area (Å²) in [5.41, 5.74) is 2.01. The van der Waals surface area contributed by atoms with Crippen molar-refractivity contribution in [3.8, 4) is 6.07 Å². The molecule has 7 heteroatoms. The first-order chi connectivity index (χ1) is 12.7. The van der Waals surface area contributed by atoms with E-state index in [1.807, 2.05) is 42.8 Å². The van der Waals surface area contributed by atoms with Crippen LogP contribution in [0.4, 0.5) is 10.8 Å². The van der Waals surface area contributed by atoms with E-state index in [9.17, 15) is 4.79 Å². The van der Waals surface area contributed by atoms with Gasteiger partial charge in [0.1, 0.15) is 0 Å². The number of hydrogen-bond donors (Lipinski definition) is 0. The molecule has 3 rings (SSSR count). The highest BCUT2D eigenvalue weighted by Crippen LogP contribution is 2.20. The van der Waals surface area contributed by atoms with Gasteiger partial charge in [-0.2, -0.15) is 5.26 Å². The fourth-order valence-electron chi connectivity index (χ4n) is 3.03. The number of carbonyl (C=O) groups excluding carboxylic acids is 1. The second kappa shape index (κ2) is 8.79. The first kappa shape index (κ1) is 18.4. The molecule has 2 aromatic rings. The molecule has 1 fully saturated rings. The maximum atomic E-state index is 12.9. The highest BCUT2D eigenvalue weighted by molar-refractivity contribution is 7.13. The van der Waals surface area contributed by atoms with Crippen LogP contribution in [-0.4, -0.2) is 55.1 Å². The molecule has 1 aliphatic heterocycles. The van der Waals surface area contributed by atoms with Crippen LogP contribution in [0.5, 0.6) is 0 Å². The summed E-state index contributed by atoms with van der Waals surface area (Å²) >= 11 is 1.65. The topological polar surface area (TPSA) is 63.5 Å². The first-order valence-electron chi connectivity index (χ1n) is 8.78. The fraction of sp³-hybridized carbons (Fsp3) is 0.421. The second-order valence-corrected chi connectivity index (χ2v) is 7.24. The van der Waals surface area contributed by atoms with Crippen LogP contribution in [0.3, 0.4) is 0 Å². The monoisotopic (exact) mass is 369 g/mol. The van der Waals surface area contributed by atoms with Crippen molar-refractivity contribution < 1.29 is 4.79 Å². The van der Waals surface area contributed by atoms with Gasteiger partial charge in [-0.05, 0) is 19.1 Å². The lowest BCUT2D eigenvalue weighted by molar-refractivity contribution is -0.119. The van der Waals surface area contributed by atoms with E-state index in [1.165, 1.54) is 0 Å². The highest BCUT2D eigenvalue weighted by Gasteiger charge is 2.23. The lowest BCUT2D eigenvalue weighted by Crippen LogP contribution is -2.50. The largest absolute Gasteiger partial charge is 0.346 e. The highest BCUT2D eigenvalue weighted by atomic mass is 32.1. The molecule has 0 saturated carbocycles. The third kappa shape index (κ3) is 4.59. The minimum Gasteiger partial charge on any atom is -0.346 e. The first-order valence-corrected chi connectivity index (χ1v) is 9.66. The van der Waals surface area contributed by atoms with Crippen molar-refractivity contribution in [3.05, 3.63) is 41.4 Å². The van der Waals surface area contributed by atoms with Gasteiger partial charge in [-0.3, -0.25) is 9.69 Å². The van der Waals surface area contributed by atoms with Crippen LogP contribution < -0.4 is 9.80 Å². The Hall–Kier alpha value is -2.43. The molecule has 26 heavy (non-hydrogen) atoms. The summed E-state index contributed by atoms with van der Waals surface area (Å²) in [4.78, 5) is 23.4. The van der Waals surface area contributed by atoms with Gasteiger partial charge in [0.25, 0.3) is 0 Å². The zero-order chi connectivity index (χ0) is 18.4. The molecule has 1 aromatic carbocycles. The van der Waals surface area contributed by atoms with Gasteiger partial charge in [0.15, 0.2) is 5.13 Å². The third-order valence-electron chi connectivity index (χ3n) is 4.51. The van der Waals surface area contributed by atoms with Crippen molar-refractivity contribution in [2.24, 2.45) is 0 Å². The SMILES string of the molecule is Cc1ccc(N(CCC#N)C(=O)CN2CCN(c3nccs3)CC2)cc1. The van der Waals surface area contributed by atoms with Crippen molar-refractivity contribution in [2.45, 2.75) is 13.3 Å². The van der Waals surface area contributed by atoms with E-state index in [0.717, 1.165) is 42.6 Å². The number of nitriles is 1. The Bertz CT molecular complexity index is 745. The number of hydrogen-bond acceptors (Lipinski definition) is 6. The standard InChI is InChI=1S/C19H23N5OS/c1-16-3-5-17(6-4-16)24(9-2-7-20)18(25)15-22-10-12-23(13-11-22)19-21-8-14-26-19/h3-6,8,14H,2,9-13,15H2,1H3. The third-order valence-corrected chi connectivity index (χ3v) is 5.35. The van der Waals surface area contributed by atoms with E-state index in [0.29, 0.717) is 19.5 Å². The zero-order valence-electron chi connectivity index (χ0n) is 15.0. The van der Waals surface area contributed by atoms with E-state index in [-0.39, 0.29) is 5.91 Å². The van der Waals surface area contributed by atoms with Crippen LogP contribution >= 0.6 is 11.3 Å². The van der Waals surface area contributed by atoms with Crippen molar-refractivity contribution >= 4 is 28.1 Å². The summed E-state index contributed by atoms with van der Waals surface area (Å²) in [5, 5.41) is 12.0. The van der Waals surface area contributed by atoms with Crippen molar-refractivity contribution in [3.63, 3.8) is 0 Å². The zero-order valence-corrected chi connectivity index (χ0v) is 15.8.